The molecule has 1 heterocycles. The number of rotatable bonds is 7. The molecular weight excluding hydrogens is 354 g/mol. The molecule has 0 spiro atoms. The van der Waals surface area contributed by atoms with E-state index in [1.165, 1.54) is 0 Å². The van der Waals surface area contributed by atoms with Crippen LogP contribution in [0.5, 0.6) is 0 Å². The molecule has 2 atom stereocenters. The lowest BCUT2D eigenvalue weighted by molar-refractivity contribution is -0.358. The Morgan fingerprint density at radius 3 is 2.19 bits per heavy atom. The molecule has 2 rings (SSSR count). The number of halogens is 2. The molecule has 0 saturated carbocycles. The SMILES string of the molecule is COC1(OC)CN(NC(=O)Cc2ccccc2)[C@](F)(C(=O)O)C1(F)OC. The van der Waals surface area contributed by atoms with Gasteiger partial charge in [0.05, 0.1) is 13.0 Å². The second kappa shape index (κ2) is 7.23. The van der Waals surface area contributed by atoms with Crippen molar-refractivity contribution in [1.29, 1.82) is 0 Å². The van der Waals surface area contributed by atoms with Crippen LogP contribution in [-0.4, -0.2) is 67.3 Å². The van der Waals surface area contributed by atoms with Crippen LogP contribution in [0, 0.1) is 0 Å². The summed E-state index contributed by atoms with van der Waals surface area (Å²) in [5.41, 5.74) is 2.67. The quantitative estimate of drug-likeness (QED) is 0.534. The van der Waals surface area contributed by atoms with Crippen LogP contribution in [0.25, 0.3) is 0 Å². The third kappa shape index (κ3) is 2.84. The number of methoxy groups -OCH3 is 3. The molecule has 144 valence electrons. The van der Waals surface area contributed by atoms with Crippen molar-refractivity contribution in [3.8, 4) is 0 Å². The number of carboxylic acids is 1. The van der Waals surface area contributed by atoms with Gasteiger partial charge in [-0.3, -0.25) is 10.2 Å². The van der Waals surface area contributed by atoms with Gasteiger partial charge < -0.3 is 19.3 Å². The number of amides is 1. The minimum atomic E-state index is -3.79. The fraction of sp³-hybridized carbons (Fsp3) is 0.500. The number of carbonyl (C=O) groups is 2. The highest BCUT2D eigenvalue weighted by Crippen LogP contribution is 2.50. The second-order valence-electron chi connectivity index (χ2n) is 5.67. The van der Waals surface area contributed by atoms with Crippen molar-refractivity contribution in [2.75, 3.05) is 27.9 Å². The van der Waals surface area contributed by atoms with Crippen molar-refractivity contribution in [2.45, 2.75) is 23.9 Å². The largest absolute Gasteiger partial charge is 0.478 e. The molecule has 0 bridgehead atoms. The number of carbonyl (C=O) groups excluding carboxylic acids is 1. The van der Waals surface area contributed by atoms with Crippen LogP contribution in [-0.2, 0) is 30.2 Å². The number of nitrogens with zero attached hydrogens (tertiary/aromatic N) is 1. The summed E-state index contributed by atoms with van der Waals surface area (Å²) in [6, 6.07) is 8.47. The van der Waals surface area contributed by atoms with Crippen LogP contribution in [0.2, 0.25) is 0 Å². The first-order valence-electron chi connectivity index (χ1n) is 7.58. The standard InChI is InChI=1S/C16H20F2N2O6/c1-24-14(25-2)10-20(15(17,13(22)23)16(14,18)26-3)19-12(21)9-11-7-5-4-6-8-11/h4-8H,9-10H2,1-3H3,(H,19,21)(H,22,23)/t15-,16?/m1/s1. The maximum absolute atomic E-state index is 15.4. The van der Waals surface area contributed by atoms with Crippen LogP contribution < -0.4 is 5.43 Å². The van der Waals surface area contributed by atoms with Crippen molar-refractivity contribution >= 4 is 11.9 Å². The molecule has 0 radical (unpaired) electrons. The van der Waals surface area contributed by atoms with Crippen molar-refractivity contribution in [3.05, 3.63) is 35.9 Å². The molecule has 1 amide bonds. The molecule has 0 aromatic heterocycles. The minimum Gasteiger partial charge on any atom is -0.478 e. The number of ether oxygens (including phenoxy) is 3. The van der Waals surface area contributed by atoms with Crippen molar-refractivity contribution in [2.24, 2.45) is 0 Å². The van der Waals surface area contributed by atoms with Crippen molar-refractivity contribution in [3.63, 3.8) is 0 Å². The van der Waals surface area contributed by atoms with E-state index >= 15 is 8.78 Å². The summed E-state index contributed by atoms with van der Waals surface area (Å²) in [4.78, 5) is 23.8. The van der Waals surface area contributed by atoms with Gasteiger partial charge in [0.15, 0.2) is 0 Å². The van der Waals surface area contributed by atoms with E-state index in [0.717, 1.165) is 21.3 Å². The maximum atomic E-state index is 15.4. The average Bonchev–Trinajstić information content (AvgIpc) is 2.82. The van der Waals surface area contributed by atoms with E-state index in [9.17, 15) is 14.7 Å². The summed E-state index contributed by atoms with van der Waals surface area (Å²) in [6.45, 7) is -0.770. The Balaban J connectivity index is 2.34. The normalized spacial score (nSPS) is 28.0. The highest BCUT2D eigenvalue weighted by molar-refractivity contribution is 5.82. The number of hydrogen-bond donors (Lipinski definition) is 2. The van der Waals surface area contributed by atoms with Gasteiger partial charge in [-0.05, 0) is 5.56 Å². The summed E-state index contributed by atoms with van der Waals surface area (Å²) in [7, 11) is 2.79. The van der Waals surface area contributed by atoms with Crippen LogP contribution in [0.15, 0.2) is 30.3 Å². The van der Waals surface area contributed by atoms with Gasteiger partial charge in [-0.15, -0.1) is 0 Å². The van der Waals surface area contributed by atoms with E-state index in [4.69, 9.17) is 9.47 Å². The van der Waals surface area contributed by atoms with E-state index in [-0.39, 0.29) is 11.4 Å². The summed E-state index contributed by atoms with van der Waals surface area (Å²) in [5, 5.41) is 9.61. The van der Waals surface area contributed by atoms with E-state index in [1.807, 2.05) is 0 Å². The molecule has 26 heavy (non-hydrogen) atoms. The molecule has 1 aliphatic heterocycles. The zero-order chi connectivity index (χ0) is 19.6. The molecule has 10 heteroatoms. The summed E-state index contributed by atoms with van der Waals surface area (Å²) >= 11 is 0. The Morgan fingerprint density at radius 2 is 1.73 bits per heavy atom. The first kappa shape index (κ1) is 20.2. The summed E-state index contributed by atoms with van der Waals surface area (Å²) in [6.07, 6.45) is -0.174. The smallest absolute Gasteiger partial charge is 0.365 e. The number of carboxylic acid groups (broad SMARTS) is 1. The predicted octanol–water partition coefficient (Wildman–Crippen LogP) is 0.628. The maximum Gasteiger partial charge on any atom is 0.365 e. The lowest BCUT2D eigenvalue weighted by atomic mass is 10.0. The Hall–Kier alpha value is -2.14. The highest BCUT2D eigenvalue weighted by Gasteiger charge is 2.81. The monoisotopic (exact) mass is 374 g/mol. The Kier molecular flexibility index (Phi) is 5.61. The summed E-state index contributed by atoms with van der Waals surface area (Å²) < 4.78 is 45.1. The number of alkyl halides is 2. The fourth-order valence-electron chi connectivity index (χ4n) is 2.95. The molecular formula is C16H20F2N2O6. The zero-order valence-electron chi connectivity index (χ0n) is 14.5. The van der Waals surface area contributed by atoms with Gasteiger partial charge in [0.25, 0.3) is 0 Å². The third-order valence-electron chi connectivity index (χ3n) is 4.35. The molecule has 8 nitrogen and oxygen atoms in total. The number of hydrogen-bond acceptors (Lipinski definition) is 6. The van der Waals surface area contributed by atoms with E-state index in [1.54, 1.807) is 30.3 Å². The molecule has 0 aliphatic carbocycles. The van der Waals surface area contributed by atoms with Crippen molar-refractivity contribution in [1.82, 2.24) is 10.4 Å². The summed E-state index contributed by atoms with van der Waals surface area (Å²) in [5.74, 6) is -12.7. The lowest BCUT2D eigenvalue weighted by Crippen LogP contribution is -2.67. The average molecular weight is 374 g/mol. The number of aliphatic carboxylic acids is 1. The fourth-order valence-corrected chi connectivity index (χ4v) is 2.95. The highest BCUT2D eigenvalue weighted by atomic mass is 19.2. The molecule has 1 unspecified atom stereocenters. The van der Waals surface area contributed by atoms with Gasteiger partial charge in [-0.1, -0.05) is 30.3 Å². The van der Waals surface area contributed by atoms with Crippen LogP contribution in [0.1, 0.15) is 5.56 Å². The lowest BCUT2D eigenvalue weighted by Gasteiger charge is -2.38. The molecule has 1 aromatic carbocycles. The first-order valence-corrected chi connectivity index (χ1v) is 7.58. The van der Waals surface area contributed by atoms with E-state index in [0.29, 0.717) is 5.56 Å². The first-order chi connectivity index (χ1) is 12.2. The van der Waals surface area contributed by atoms with Gasteiger partial charge in [0, 0.05) is 21.3 Å². The van der Waals surface area contributed by atoms with Gasteiger partial charge in [0.2, 0.25) is 11.7 Å². The molecule has 1 fully saturated rings. The van der Waals surface area contributed by atoms with Gasteiger partial charge >= 0.3 is 17.6 Å². The number of hydrazine groups is 1. The van der Waals surface area contributed by atoms with E-state index < -0.39 is 35.9 Å². The van der Waals surface area contributed by atoms with Crippen LogP contribution in [0.3, 0.4) is 0 Å². The molecule has 2 N–H and O–H groups in total. The van der Waals surface area contributed by atoms with Crippen LogP contribution >= 0.6 is 0 Å². The Labute approximate surface area is 148 Å². The molecule has 1 saturated heterocycles. The molecule has 1 aromatic rings. The van der Waals surface area contributed by atoms with Gasteiger partial charge in [0.1, 0.15) is 0 Å². The third-order valence-corrected chi connectivity index (χ3v) is 4.35. The minimum absolute atomic E-state index is 0.174. The predicted molar refractivity (Wildman–Crippen MR) is 84.1 cm³/mol. The van der Waals surface area contributed by atoms with Crippen molar-refractivity contribution < 1.29 is 37.7 Å². The van der Waals surface area contributed by atoms with Gasteiger partial charge in [-0.25, -0.2) is 9.18 Å². The Bertz CT molecular complexity index is 672. The topological polar surface area (TPSA) is 97.3 Å². The molecule has 1 aliphatic rings. The van der Waals surface area contributed by atoms with E-state index in [2.05, 4.69) is 10.2 Å². The van der Waals surface area contributed by atoms with Crippen LogP contribution in [0.4, 0.5) is 8.78 Å². The zero-order valence-corrected chi connectivity index (χ0v) is 14.5. The number of nitrogens with one attached hydrogen (secondary N) is 1. The number of benzene rings is 1. The Morgan fingerprint density at radius 1 is 1.15 bits per heavy atom. The second-order valence-corrected chi connectivity index (χ2v) is 5.67. The van der Waals surface area contributed by atoms with Gasteiger partial charge in [-0.2, -0.15) is 9.40 Å².